The molecule has 0 N–H and O–H groups in total. The van der Waals surface area contributed by atoms with E-state index in [1.807, 2.05) is 25.1 Å². The fraction of sp³-hybridized carbons (Fsp3) is 0.350. The number of hydrogen-bond donors (Lipinski definition) is 0. The first-order valence-corrected chi connectivity index (χ1v) is 10.4. The summed E-state index contributed by atoms with van der Waals surface area (Å²) in [7, 11) is 1.68. The number of halogens is 1. The predicted octanol–water partition coefficient (Wildman–Crippen LogP) is 3.89. The number of aryl methyl sites for hydroxylation is 1. The van der Waals surface area contributed by atoms with Gasteiger partial charge in [0.05, 0.1) is 12.8 Å². The monoisotopic (exact) mass is 415 g/mol. The first-order valence-electron chi connectivity index (χ1n) is 9.18. The van der Waals surface area contributed by atoms with Crippen molar-refractivity contribution < 1.29 is 4.74 Å². The van der Waals surface area contributed by atoms with Crippen LogP contribution in [0.25, 0.3) is 10.6 Å². The Morgan fingerprint density at radius 2 is 1.82 bits per heavy atom. The van der Waals surface area contributed by atoms with E-state index in [1.54, 1.807) is 18.4 Å². The van der Waals surface area contributed by atoms with Gasteiger partial charge in [0, 0.05) is 49.7 Å². The van der Waals surface area contributed by atoms with Crippen LogP contribution < -0.4 is 9.64 Å². The molecule has 1 fully saturated rings. The third kappa shape index (κ3) is 4.43. The largest absolute Gasteiger partial charge is 0.497 e. The number of methoxy groups -OCH3 is 1. The smallest absolute Gasteiger partial charge is 0.134 e. The minimum atomic E-state index is 0.499. The van der Waals surface area contributed by atoms with E-state index in [9.17, 15) is 0 Å². The molecule has 0 radical (unpaired) electrons. The number of aromatic nitrogens is 3. The number of hydrogen-bond acceptors (Lipinski definition) is 7. The summed E-state index contributed by atoms with van der Waals surface area (Å²) in [6.45, 7) is 6.51. The van der Waals surface area contributed by atoms with Gasteiger partial charge in [-0.25, -0.2) is 15.0 Å². The van der Waals surface area contributed by atoms with Gasteiger partial charge in [0.2, 0.25) is 0 Å². The van der Waals surface area contributed by atoms with Crippen molar-refractivity contribution in [2.75, 3.05) is 38.2 Å². The van der Waals surface area contributed by atoms with E-state index in [1.165, 1.54) is 0 Å². The molecule has 1 aliphatic heterocycles. The normalized spacial score (nSPS) is 15.0. The van der Waals surface area contributed by atoms with E-state index in [4.69, 9.17) is 21.3 Å². The van der Waals surface area contributed by atoms with Gasteiger partial charge in [0.25, 0.3) is 0 Å². The molecule has 3 aromatic rings. The molecular weight excluding hydrogens is 394 g/mol. The van der Waals surface area contributed by atoms with Crippen LogP contribution >= 0.6 is 22.9 Å². The Morgan fingerprint density at radius 3 is 2.50 bits per heavy atom. The fourth-order valence-electron chi connectivity index (χ4n) is 3.29. The molecule has 1 aromatic carbocycles. The van der Waals surface area contributed by atoms with Gasteiger partial charge in [0.1, 0.15) is 27.6 Å². The fourth-order valence-corrected chi connectivity index (χ4v) is 4.33. The Morgan fingerprint density at radius 1 is 1.07 bits per heavy atom. The summed E-state index contributed by atoms with van der Waals surface area (Å²) in [4.78, 5) is 18.2. The van der Waals surface area contributed by atoms with E-state index >= 15 is 0 Å². The number of piperazine rings is 1. The highest BCUT2D eigenvalue weighted by atomic mass is 35.5. The first kappa shape index (κ1) is 19.1. The lowest BCUT2D eigenvalue weighted by Gasteiger charge is -2.35. The third-order valence-corrected chi connectivity index (χ3v) is 5.90. The van der Waals surface area contributed by atoms with Gasteiger partial charge in [-0.2, -0.15) is 0 Å². The Balaban J connectivity index is 1.35. The lowest BCUT2D eigenvalue weighted by Crippen LogP contribution is -2.46. The highest BCUT2D eigenvalue weighted by Crippen LogP contribution is 2.26. The summed E-state index contributed by atoms with van der Waals surface area (Å²) in [6.07, 6.45) is 0. The zero-order chi connectivity index (χ0) is 19.5. The van der Waals surface area contributed by atoms with Crippen molar-refractivity contribution in [3.05, 3.63) is 52.4 Å². The van der Waals surface area contributed by atoms with Crippen LogP contribution in [0.5, 0.6) is 5.75 Å². The van der Waals surface area contributed by atoms with Gasteiger partial charge in [0.15, 0.2) is 0 Å². The second-order valence-electron chi connectivity index (χ2n) is 6.73. The van der Waals surface area contributed by atoms with E-state index in [0.717, 1.165) is 60.6 Å². The minimum Gasteiger partial charge on any atom is -0.497 e. The highest BCUT2D eigenvalue weighted by molar-refractivity contribution is 7.13. The molecule has 0 atom stereocenters. The topological polar surface area (TPSA) is 54.4 Å². The maximum absolute atomic E-state index is 6.07. The molecular formula is C20H22ClN5OS. The first-order chi connectivity index (χ1) is 13.6. The maximum atomic E-state index is 6.07. The van der Waals surface area contributed by atoms with Crippen molar-refractivity contribution in [3.8, 4) is 16.3 Å². The molecule has 0 saturated carbocycles. The molecule has 0 bridgehead atoms. The zero-order valence-corrected chi connectivity index (χ0v) is 17.5. The molecule has 0 unspecified atom stereocenters. The lowest BCUT2D eigenvalue weighted by atomic mass is 10.2. The summed E-state index contributed by atoms with van der Waals surface area (Å²) in [5, 5.41) is 3.69. The third-order valence-electron chi connectivity index (χ3n) is 4.76. The van der Waals surface area contributed by atoms with Gasteiger partial charge in [-0.05, 0) is 31.2 Å². The van der Waals surface area contributed by atoms with Crippen LogP contribution in [0.1, 0.15) is 11.5 Å². The van der Waals surface area contributed by atoms with Crippen LogP contribution in [0.15, 0.2) is 35.7 Å². The molecule has 8 heteroatoms. The van der Waals surface area contributed by atoms with Crippen LogP contribution in [-0.2, 0) is 6.54 Å². The van der Waals surface area contributed by atoms with E-state index < -0.39 is 0 Å². The van der Waals surface area contributed by atoms with Gasteiger partial charge in [-0.3, -0.25) is 4.90 Å². The SMILES string of the molecule is COc1ccc(-c2nc(CN3CCN(c4cc(Cl)nc(C)n4)CC3)cs2)cc1. The highest BCUT2D eigenvalue weighted by Gasteiger charge is 2.20. The second-order valence-corrected chi connectivity index (χ2v) is 7.98. The number of thiazole rings is 1. The molecule has 4 rings (SSSR count). The second kappa shape index (κ2) is 8.43. The van der Waals surface area contributed by atoms with Crippen LogP contribution in [0, 0.1) is 6.92 Å². The number of ether oxygens (including phenoxy) is 1. The number of anilines is 1. The van der Waals surface area contributed by atoms with Crippen LogP contribution in [-0.4, -0.2) is 53.1 Å². The Bertz CT molecular complexity index is 918. The number of nitrogens with zero attached hydrogens (tertiary/aromatic N) is 5. The average Bonchev–Trinajstić information content (AvgIpc) is 3.16. The standard InChI is InChI=1S/C20H22ClN5OS/c1-14-22-18(21)11-19(23-14)26-9-7-25(8-10-26)12-16-13-28-20(24-16)15-3-5-17(27-2)6-4-15/h3-6,11,13H,7-10,12H2,1-2H3. The van der Waals surface area contributed by atoms with Crippen LogP contribution in [0.2, 0.25) is 5.15 Å². The molecule has 146 valence electrons. The Kier molecular flexibility index (Phi) is 5.75. The summed E-state index contributed by atoms with van der Waals surface area (Å²) in [5.74, 6) is 2.48. The van der Waals surface area contributed by atoms with Gasteiger partial charge >= 0.3 is 0 Å². The molecule has 0 aliphatic carbocycles. The van der Waals surface area contributed by atoms with Crippen molar-refractivity contribution in [1.29, 1.82) is 0 Å². The van der Waals surface area contributed by atoms with Crippen molar-refractivity contribution in [2.24, 2.45) is 0 Å². The molecule has 1 aliphatic rings. The number of benzene rings is 1. The molecule has 3 heterocycles. The van der Waals surface area contributed by atoms with Crippen LogP contribution in [0.4, 0.5) is 5.82 Å². The van der Waals surface area contributed by atoms with Gasteiger partial charge < -0.3 is 9.64 Å². The van der Waals surface area contributed by atoms with Crippen LogP contribution in [0.3, 0.4) is 0 Å². The van der Waals surface area contributed by atoms with E-state index in [-0.39, 0.29) is 0 Å². The maximum Gasteiger partial charge on any atom is 0.134 e. The van der Waals surface area contributed by atoms with Crippen molar-refractivity contribution in [1.82, 2.24) is 19.9 Å². The summed E-state index contributed by atoms with van der Waals surface area (Å²) in [5.41, 5.74) is 2.24. The molecule has 28 heavy (non-hydrogen) atoms. The Labute approximate surface area is 173 Å². The predicted molar refractivity (Wildman–Crippen MR) is 113 cm³/mol. The van der Waals surface area contributed by atoms with E-state index in [2.05, 4.69) is 37.3 Å². The summed E-state index contributed by atoms with van der Waals surface area (Å²) >= 11 is 7.76. The zero-order valence-electron chi connectivity index (χ0n) is 15.9. The quantitative estimate of drug-likeness (QED) is 0.589. The number of rotatable bonds is 5. The summed E-state index contributed by atoms with van der Waals surface area (Å²) in [6, 6.07) is 9.88. The average molecular weight is 416 g/mol. The molecule has 2 aromatic heterocycles. The molecule has 1 saturated heterocycles. The van der Waals surface area contributed by atoms with Crippen molar-refractivity contribution in [3.63, 3.8) is 0 Å². The minimum absolute atomic E-state index is 0.499. The van der Waals surface area contributed by atoms with Gasteiger partial charge in [-0.15, -0.1) is 11.3 Å². The van der Waals surface area contributed by atoms with E-state index in [0.29, 0.717) is 11.0 Å². The van der Waals surface area contributed by atoms with Gasteiger partial charge in [-0.1, -0.05) is 11.6 Å². The molecule has 0 amide bonds. The lowest BCUT2D eigenvalue weighted by molar-refractivity contribution is 0.247. The summed E-state index contributed by atoms with van der Waals surface area (Å²) < 4.78 is 5.22. The Hall–Kier alpha value is -2.22. The van der Waals surface area contributed by atoms with Crippen molar-refractivity contribution >= 4 is 28.8 Å². The molecule has 0 spiro atoms. The van der Waals surface area contributed by atoms with Crippen molar-refractivity contribution in [2.45, 2.75) is 13.5 Å². The molecule has 6 nitrogen and oxygen atoms in total.